The summed E-state index contributed by atoms with van der Waals surface area (Å²) in [6, 6.07) is 13.5. The van der Waals surface area contributed by atoms with E-state index in [0.29, 0.717) is 11.5 Å². The van der Waals surface area contributed by atoms with Crippen molar-refractivity contribution in [2.45, 2.75) is 0 Å². The minimum Gasteiger partial charge on any atom is -0.454 e. The predicted molar refractivity (Wildman–Crippen MR) is 99.7 cm³/mol. The summed E-state index contributed by atoms with van der Waals surface area (Å²) in [4.78, 5) is 12.0. The molecule has 7 heteroatoms. The molecule has 0 atom stereocenters. The number of fused-ring (bicyclic) bond motifs is 2. The van der Waals surface area contributed by atoms with Crippen molar-refractivity contribution in [2.75, 3.05) is 18.7 Å². The third kappa shape index (κ3) is 3.19. The van der Waals surface area contributed by atoms with Gasteiger partial charge in [-0.25, -0.2) is 5.43 Å². The van der Waals surface area contributed by atoms with Crippen molar-refractivity contribution in [3.8, 4) is 11.5 Å². The number of carbonyl (C=O) groups excluding carboxylic acids is 1. The van der Waals surface area contributed by atoms with Crippen molar-refractivity contribution in [3.05, 3.63) is 54.2 Å². The summed E-state index contributed by atoms with van der Waals surface area (Å²) >= 11 is 0. The first-order valence-electron chi connectivity index (χ1n) is 8.20. The third-order valence-electron chi connectivity index (χ3n) is 4.15. The molecule has 0 radical (unpaired) electrons. The maximum Gasteiger partial charge on any atom is 0.259 e. The van der Waals surface area contributed by atoms with Crippen molar-refractivity contribution >= 4 is 28.7 Å². The number of nitrogens with one attached hydrogen (secondary N) is 2. The molecule has 0 aliphatic carbocycles. The van der Waals surface area contributed by atoms with E-state index in [1.807, 2.05) is 48.1 Å². The number of para-hydroxylation sites is 1. The number of amides is 1. The van der Waals surface area contributed by atoms with Crippen LogP contribution < -0.4 is 20.2 Å². The highest BCUT2D eigenvalue weighted by molar-refractivity contribution is 5.99. The Morgan fingerprint density at radius 2 is 2.08 bits per heavy atom. The van der Waals surface area contributed by atoms with Crippen LogP contribution in [0.1, 0.15) is 5.56 Å². The van der Waals surface area contributed by atoms with Crippen molar-refractivity contribution in [3.63, 3.8) is 0 Å². The van der Waals surface area contributed by atoms with Gasteiger partial charge in [-0.15, -0.1) is 0 Å². The van der Waals surface area contributed by atoms with Gasteiger partial charge in [-0.1, -0.05) is 18.2 Å². The Bertz CT molecular complexity index is 994. The lowest BCUT2D eigenvalue weighted by Crippen LogP contribution is -2.25. The average molecular weight is 350 g/mol. The molecule has 1 amide bonds. The van der Waals surface area contributed by atoms with E-state index in [9.17, 15) is 4.79 Å². The summed E-state index contributed by atoms with van der Waals surface area (Å²) in [5.74, 6) is 1.14. The highest BCUT2D eigenvalue weighted by Crippen LogP contribution is 2.34. The number of ether oxygens (including phenoxy) is 2. The summed E-state index contributed by atoms with van der Waals surface area (Å²) in [6.45, 7) is 0.328. The highest BCUT2D eigenvalue weighted by Gasteiger charge is 2.13. The lowest BCUT2D eigenvalue weighted by molar-refractivity contribution is -0.119. The number of hydrogen-bond acceptors (Lipinski definition) is 5. The van der Waals surface area contributed by atoms with Crippen LogP contribution in [0.4, 0.5) is 5.69 Å². The number of nitrogens with zero attached hydrogens (tertiary/aromatic N) is 2. The van der Waals surface area contributed by atoms with Crippen LogP contribution in [-0.4, -0.2) is 30.0 Å². The van der Waals surface area contributed by atoms with Gasteiger partial charge in [0.2, 0.25) is 6.79 Å². The predicted octanol–water partition coefficient (Wildman–Crippen LogP) is 2.47. The molecule has 1 aliphatic heterocycles. The van der Waals surface area contributed by atoms with Crippen LogP contribution in [0.25, 0.3) is 10.9 Å². The number of anilines is 1. The first kappa shape index (κ1) is 16.0. The van der Waals surface area contributed by atoms with Gasteiger partial charge >= 0.3 is 0 Å². The summed E-state index contributed by atoms with van der Waals surface area (Å²) in [5.41, 5.74) is 5.38. The fourth-order valence-electron chi connectivity index (χ4n) is 2.88. The smallest absolute Gasteiger partial charge is 0.259 e. The van der Waals surface area contributed by atoms with E-state index in [2.05, 4.69) is 15.8 Å². The molecule has 1 aromatic heterocycles. The molecule has 3 aromatic rings. The molecule has 7 nitrogen and oxygen atoms in total. The minimum atomic E-state index is -0.237. The number of aryl methyl sites for hydroxylation is 1. The third-order valence-corrected chi connectivity index (χ3v) is 4.15. The number of benzene rings is 2. The van der Waals surface area contributed by atoms with Crippen LogP contribution in [0, 0.1) is 0 Å². The molecule has 0 spiro atoms. The summed E-state index contributed by atoms with van der Waals surface area (Å²) in [5, 5.41) is 8.17. The second-order valence-electron chi connectivity index (χ2n) is 5.93. The van der Waals surface area contributed by atoms with E-state index in [4.69, 9.17) is 9.47 Å². The Balaban J connectivity index is 1.34. The van der Waals surface area contributed by atoms with Gasteiger partial charge in [-0.2, -0.15) is 5.10 Å². The summed E-state index contributed by atoms with van der Waals surface area (Å²) < 4.78 is 12.6. The van der Waals surface area contributed by atoms with Crippen molar-refractivity contribution in [1.29, 1.82) is 0 Å². The van der Waals surface area contributed by atoms with Crippen LogP contribution in [0.5, 0.6) is 11.5 Å². The van der Waals surface area contributed by atoms with Crippen LogP contribution in [-0.2, 0) is 11.8 Å². The van der Waals surface area contributed by atoms with Gasteiger partial charge in [-0.05, 0) is 18.2 Å². The highest BCUT2D eigenvalue weighted by atomic mass is 16.7. The van der Waals surface area contributed by atoms with Crippen molar-refractivity contribution in [1.82, 2.24) is 9.99 Å². The van der Waals surface area contributed by atoms with E-state index < -0.39 is 0 Å². The van der Waals surface area contributed by atoms with Gasteiger partial charge in [0.15, 0.2) is 11.5 Å². The molecule has 2 N–H and O–H groups in total. The Hall–Kier alpha value is -3.48. The Labute approximate surface area is 150 Å². The van der Waals surface area contributed by atoms with Gasteiger partial charge in [0.05, 0.1) is 12.8 Å². The number of hydrogen-bond donors (Lipinski definition) is 2. The largest absolute Gasteiger partial charge is 0.454 e. The normalized spacial score (nSPS) is 12.7. The maximum atomic E-state index is 12.0. The van der Waals surface area contributed by atoms with Gasteiger partial charge in [0.25, 0.3) is 5.91 Å². The van der Waals surface area contributed by atoms with Gasteiger partial charge in [0, 0.05) is 41.5 Å². The Kier molecular flexibility index (Phi) is 4.18. The second-order valence-corrected chi connectivity index (χ2v) is 5.93. The summed E-state index contributed by atoms with van der Waals surface area (Å²) in [6.07, 6.45) is 3.63. The quantitative estimate of drug-likeness (QED) is 0.547. The van der Waals surface area contributed by atoms with Crippen LogP contribution in [0.15, 0.2) is 53.8 Å². The van der Waals surface area contributed by atoms with E-state index >= 15 is 0 Å². The van der Waals surface area contributed by atoms with Crippen LogP contribution in [0.2, 0.25) is 0 Å². The topological polar surface area (TPSA) is 76.9 Å². The zero-order valence-corrected chi connectivity index (χ0v) is 14.2. The van der Waals surface area contributed by atoms with Crippen LogP contribution >= 0.6 is 0 Å². The standard InChI is InChI=1S/C19H18N4O3/c1-23-11-13(15-4-2-3-5-16(15)23)9-21-22-19(24)10-20-14-6-7-17-18(8-14)26-12-25-17/h2-9,11,20H,10,12H2,1H3,(H,22,24)/b21-9+. The van der Waals surface area contributed by atoms with Gasteiger partial charge < -0.3 is 19.4 Å². The lowest BCUT2D eigenvalue weighted by Gasteiger charge is -2.06. The van der Waals surface area contributed by atoms with E-state index in [-0.39, 0.29) is 19.2 Å². The molecule has 0 saturated carbocycles. The minimum absolute atomic E-state index is 0.104. The van der Waals surface area contributed by atoms with Crippen molar-refractivity contribution in [2.24, 2.45) is 12.1 Å². The number of aromatic nitrogens is 1. The fourth-order valence-corrected chi connectivity index (χ4v) is 2.88. The maximum absolute atomic E-state index is 12.0. The fraction of sp³-hybridized carbons (Fsp3) is 0.158. The van der Waals surface area contributed by atoms with Crippen molar-refractivity contribution < 1.29 is 14.3 Å². The van der Waals surface area contributed by atoms with E-state index in [1.165, 1.54) is 0 Å². The zero-order valence-electron chi connectivity index (χ0n) is 14.2. The molecule has 2 aromatic carbocycles. The van der Waals surface area contributed by atoms with E-state index in [0.717, 1.165) is 22.2 Å². The zero-order chi connectivity index (χ0) is 17.9. The molecule has 0 saturated heterocycles. The molecule has 0 bridgehead atoms. The summed E-state index contributed by atoms with van der Waals surface area (Å²) in [7, 11) is 1.98. The molecule has 26 heavy (non-hydrogen) atoms. The molecule has 0 unspecified atom stereocenters. The Morgan fingerprint density at radius 1 is 1.23 bits per heavy atom. The SMILES string of the molecule is Cn1cc(/C=N/NC(=O)CNc2ccc3c(c2)OCO3)c2ccccc21. The van der Waals surface area contributed by atoms with E-state index in [1.54, 1.807) is 18.3 Å². The van der Waals surface area contributed by atoms with Crippen LogP contribution in [0.3, 0.4) is 0 Å². The Morgan fingerprint density at radius 3 is 3.00 bits per heavy atom. The molecule has 132 valence electrons. The monoisotopic (exact) mass is 350 g/mol. The average Bonchev–Trinajstić information content (AvgIpc) is 3.25. The number of carbonyl (C=O) groups is 1. The molecular formula is C19H18N4O3. The molecule has 4 rings (SSSR count). The first-order chi connectivity index (χ1) is 12.7. The van der Waals surface area contributed by atoms with Gasteiger partial charge in [0.1, 0.15) is 0 Å². The molecular weight excluding hydrogens is 332 g/mol. The second kappa shape index (κ2) is 6.79. The first-order valence-corrected chi connectivity index (χ1v) is 8.20. The van der Waals surface area contributed by atoms with Gasteiger partial charge in [-0.3, -0.25) is 4.79 Å². The molecule has 1 aliphatic rings. The molecule has 0 fully saturated rings. The number of rotatable bonds is 5. The molecule has 2 heterocycles. The number of hydrazone groups is 1. The lowest BCUT2D eigenvalue weighted by atomic mass is 10.2.